The van der Waals surface area contributed by atoms with E-state index in [0.717, 1.165) is 20.5 Å². The number of esters is 1. The first kappa shape index (κ1) is 22.2. The Balaban J connectivity index is 2.12. The lowest BCUT2D eigenvalue weighted by molar-refractivity contribution is -0.116. The summed E-state index contributed by atoms with van der Waals surface area (Å²) in [6.07, 6.45) is 0.761. The van der Waals surface area contributed by atoms with Crippen molar-refractivity contribution in [2.75, 3.05) is 26.1 Å². The van der Waals surface area contributed by atoms with E-state index < -0.39 is 5.97 Å². The molecule has 0 spiro atoms. The van der Waals surface area contributed by atoms with Gasteiger partial charge in [-0.1, -0.05) is 15.9 Å². The minimum Gasteiger partial charge on any atom is -0.493 e. The number of thiophene rings is 1. The number of benzene rings is 1. The summed E-state index contributed by atoms with van der Waals surface area (Å²) in [5.74, 6) is 0.636. The molecule has 0 atom stereocenters. The number of halogens is 1. The fraction of sp³-hybridized carbons (Fsp3) is 0.400. The molecule has 6 nitrogen and oxygen atoms in total. The number of aryl methyl sites for hydroxylation is 2. The Kier molecular flexibility index (Phi) is 7.88. The van der Waals surface area contributed by atoms with E-state index in [4.69, 9.17) is 14.2 Å². The highest BCUT2D eigenvalue weighted by Crippen LogP contribution is 2.35. The van der Waals surface area contributed by atoms with Crippen LogP contribution in [-0.2, 0) is 16.0 Å². The van der Waals surface area contributed by atoms with Gasteiger partial charge in [0, 0.05) is 15.8 Å². The highest BCUT2D eigenvalue weighted by atomic mass is 79.9. The maximum absolute atomic E-state index is 12.5. The minimum atomic E-state index is -0.415. The maximum Gasteiger partial charge on any atom is 0.341 e. The molecule has 1 heterocycles. The number of carbonyl (C=O) groups excluding carboxylic acids is 2. The molecule has 0 aliphatic heterocycles. The number of nitrogens with one attached hydrogen (secondary N) is 1. The van der Waals surface area contributed by atoms with E-state index in [1.165, 1.54) is 11.3 Å². The molecule has 0 saturated heterocycles. The van der Waals surface area contributed by atoms with E-state index in [1.54, 1.807) is 21.1 Å². The molecule has 0 aliphatic rings. The van der Waals surface area contributed by atoms with Gasteiger partial charge in [0.05, 0.1) is 26.4 Å². The predicted octanol–water partition coefficient (Wildman–Crippen LogP) is 4.89. The molecule has 0 aliphatic carbocycles. The number of rotatable bonds is 8. The largest absolute Gasteiger partial charge is 0.493 e. The van der Waals surface area contributed by atoms with Crippen molar-refractivity contribution in [3.63, 3.8) is 0 Å². The summed E-state index contributed by atoms with van der Waals surface area (Å²) in [6, 6.07) is 3.66. The molecule has 2 aromatic rings. The van der Waals surface area contributed by atoms with Crippen LogP contribution in [0.4, 0.5) is 5.00 Å². The summed E-state index contributed by atoms with van der Waals surface area (Å²) in [5, 5.41) is 3.39. The van der Waals surface area contributed by atoms with E-state index in [0.29, 0.717) is 28.5 Å². The lowest BCUT2D eigenvalue weighted by Crippen LogP contribution is -2.15. The van der Waals surface area contributed by atoms with Crippen LogP contribution in [0.3, 0.4) is 0 Å². The van der Waals surface area contributed by atoms with Crippen LogP contribution in [0.5, 0.6) is 11.5 Å². The molecule has 0 saturated carbocycles. The average Bonchev–Trinajstić information content (AvgIpc) is 2.93. The van der Waals surface area contributed by atoms with Crippen molar-refractivity contribution in [1.29, 1.82) is 0 Å². The number of methoxy groups -OCH3 is 2. The second kappa shape index (κ2) is 9.93. The first-order valence-corrected chi connectivity index (χ1v) is 10.4. The SMILES string of the molecule is CCOC(=O)c1c(NC(=O)CCc2cc(OC)c(OC)cc2Br)sc(C)c1C. The van der Waals surface area contributed by atoms with Crippen molar-refractivity contribution in [2.45, 2.75) is 33.6 Å². The summed E-state index contributed by atoms with van der Waals surface area (Å²) in [6.45, 7) is 5.81. The number of ether oxygens (including phenoxy) is 3. The molecular weight excluding hydrogens is 446 g/mol. The summed E-state index contributed by atoms with van der Waals surface area (Å²) in [7, 11) is 3.14. The third-order valence-corrected chi connectivity index (χ3v) is 6.15. The van der Waals surface area contributed by atoms with E-state index in [1.807, 2.05) is 26.0 Å². The summed E-state index contributed by atoms with van der Waals surface area (Å²) in [4.78, 5) is 25.7. The number of hydrogen-bond acceptors (Lipinski definition) is 6. The topological polar surface area (TPSA) is 73.9 Å². The number of anilines is 1. The molecule has 0 unspecified atom stereocenters. The van der Waals surface area contributed by atoms with E-state index in [9.17, 15) is 9.59 Å². The van der Waals surface area contributed by atoms with Gasteiger partial charge in [0.1, 0.15) is 5.00 Å². The standard InChI is InChI=1S/C20H24BrNO5S/c1-6-27-20(24)18-11(2)12(3)28-19(18)22-17(23)8-7-13-9-15(25-4)16(26-5)10-14(13)21/h9-10H,6-8H2,1-5H3,(H,22,23). The third kappa shape index (κ3) is 5.05. The Morgan fingerprint density at radius 1 is 1.14 bits per heavy atom. The molecule has 1 amide bonds. The zero-order chi connectivity index (χ0) is 20.8. The van der Waals surface area contributed by atoms with Crippen molar-refractivity contribution in [3.8, 4) is 11.5 Å². The normalized spacial score (nSPS) is 10.5. The van der Waals surface area contributed by atoms with Gasteiger partial charge in [-0.05, 0) is 50.5 Å². The Bertz CT molecular complexity index is 878. The van der Waals surface area contributed by atoms with Gasteiger partial charge in [0.2, 0.25) is 5.91 Å². The second-order valence-corrected chi connectivity index (χ2v) is 8.13. The fourth-order valence-corrected chi connectivity index (χ4v) is 4.27. The predicted molar refractivity (Wildman–Crippen MR) is 114 cm³/mol. The van der Waals surface area contributed by atoms with Crippen LogP contribution in [-0.4, -0.2) is 32.7 Å². The summed E-state index contributed by atoms with van der Waals surface area (Å²) < 4.78 is 16.6. The van der Waals surface area contributed by atoms with Gasteiger partial charge in [-0.25, -0.2) is 4.79 Å². The zero-order valence-corrected chi connectivity index (χ0v) is 19.0. The Morgan fingerprint density at radius 3 is 2.39 bits per heavy atom. The van der Waals surface area contributed by atoms with Crippen LogP contribution >= 0.6 is 27.3 Å². The molecule has 28 heavy (non-hydrogen) atoms. The van der Waals surface area contributed by atoms with Crippen molar-refractivity contribution >= 4 is 44.1 Å². The lowest BCUT2D eigenvalue weighted by Gasteiger charge is -2.12. The van der Waals surface area contributed by atoms with E-state index >= 15 is 0 Å². The molecule has 1 N–H and O–H groups in total. The molecule has 1 aromatic heterocycles. The molecule has 0 bridgehead atoms. The van der Waals surface area contributed by atoms with Crippen molar-refractivity contribution in [1.82, 2.24) is 0 Å². The van der Waals surface area contributed by atoms with Gasteiger partial charge in [0.25, 0.3) is 0 Å². The first-order chi connectivity index (χ1) is 13.3. The van der Waals surface area contributed by atoms with Gasteiger partial charge < -0.3 is 19.5 Å². The van der Waals surface area contributed by atoms with Crippen LogP contribution in [0.1, 0.15) is 39.7 Å². The van der Waals surface area contributed by atoms with Gasteiger partial charge in [0.15, 0.2) is 11.5 Å². The zero-order valence-electron chi connectivity index (χ0n) is 16.6. The van der Waals surface area contributed by atoms with Crippen molar-refractivity contribution in [2.24, 2.45) is 0 Å². The molecule has 8 heteroatoms. The summed E-state index contributed by atoms with van der Waals surface area (Å²) in [5.41, 5.74) is 2.20. The molecule has 152 valence electrons. The molecule has 2 rings (SSSR count). The number of carbonyl (C=O) groups is 2. The highest BCUT2D eigenvalue weighted by molar-refractivity contribution is 9.10. The number of amides is 1. The van der Waals surface area contributed by atoms with Crippen LogP contribution in [0.15, 0.2) is 16.6 Å². The summed E-state index contributed by atoms with van der Waals surface area (Å²) >= 11 is 4.88. The van der Waals surface area contributed by atoms with Crippen molar-refractivity contribution in [3.05, 3.63) is 38.2 Å². The van der Waals surface area contributed by atoms with Crippen LogP contribution in [0.2, 0.25) is 0 Å². The van der Waals surface area contributed by atoms with E-state index in [-0.39, 0.29) is 18.9 Å². The number of hydrogen-bond donors (Lipinski definition) is 1. The smallest absolute Gasteiger partial charge is 0.341 e. The molecule has 1 aromatic carbocycles. The monoisotopic (exact) mass is 469 g/mol. The van der Waals surface area contributed by atoms with Gasteiger partial charge >= 0.3 is 5.97 Å². The van der Waals surface area contributed by atoms with Crippen LogP contribution in [0, 0.1) is 13.8 Å². The second-order valence-electron chi connectivity index (χ2n) is 6.05. The Morgan fingerprint density at radius 2 is 1.79 bits per heavy atom. The maximum atomic E-state index is 12.5. The van der Waals surface area contributed by atoms with Crippen LogP contribution in [0.25, 0.3) is 0 Å². The van der Waals surface area contributed by atoms with Gasteiger partial charge in [-0.2, -0.15) is 0 Å². The van der Waals surface area contributed by atoms with E-state index in [2.05, 4.69) is 21.2 Å². The quantitative estimate of drug-likeness (QED) is 0.556. The Labute approximate surface area is 177 Å². The van der Waals surface area contributed by atoms with Gasteiger partial charge in [-0.15, -0.1) is 11.3 Å². The van der Waals surface area contributed by atoms with Crippen LogP contribution < -0.4 is 14.8 Å². The average molecular weight is 470 g/mol. The lowest BCUT2D eigenvalue weighted by atomic mass is 10.1. The minimum absolute atomic E-state index is 0.173. The highest BCUT2D eigenvalue weighted by Gasteiger charge is 2.22. The molecular formula is C20H24BrNO5S. The van der Waals surface area contributed by atoms with Crippen molar-refractivity contribution < 1.29 is 23.8 Å². The van der Waals surface area contributed by atoms with Gasteiger partial charge in [-0.3, -0.25) is 4.79 Å². The Hall–Kier alpha value is -2.06. The first-order valence-electron chi connectivity index (χ1n) is 8.79. The third-order valence-electron chi connectivity index (χ3n) is 4.29. The molecule has 0 fully saturated rings. The fourth-order valence-electron chi connectivity index (χ4n) is 2.69. The molecule has 0 radical (unpaired) electrons.